The Kier molecular flexibility index (Phi) is 4.54. The molecule has 2 aromatic carbocycles. The van der Waals surface area contributed by atoms with Gasteiger partial charge in [-0.05, 0) is 30.7 Å². The second-order valence-electron chi connectivity index (χ2n) is 5.47. The van der Waals surface area contributed by atoms with Crippen LogP contribution in [0.15, 0.2) is 53.4 Å². The van der Waals surface area contributed by atoms with Crippen molar-refractivity contribution in [2.45, 2.75) is 11.8 Å². The predicted molar refractivity (Wildman–Crippen MR) is 90.5 cm³/mol. The highest BCUT2D eigenvalue weighted by Crippen LogP contribution is 2.30. The minimum atomic E-state index is -3.48. The average Bonchev–Trinajstić information content (AvgIpc) is 2.55. The number of hydrogen-bond donors (Lipinski definition) is 1. The Balaban J connectivity index is 1.65. The zero-order valence-electron chi connectivity index (χ0n) is 13.0. The van der Waals surface area contributed by atoms with Crippen LogP contribution in [0.25, 0.3) is 0 Å². The topological polar surface area (TPSA) is 58.6 Å². The number of nitrogens with zero attached hydrogens (tertiary/aromatic N) is 1. The molecule has 1 heterocycles. The van der Waals surface area contributed by atoms with Crippen LogP contribution in [0.1, 0.15) is 5.56 Å². The minimum Gasteiger partial charge on any atom is -0.490 e. The Labute approximate surface area is 136 Å². The van der Waals surface area contributed by atoms with Crippen LogP contribution in [0.2, 0.25) is 0 Å². The standard InChI is InChI=1S/C17H20N2O3S/c1-14-6-2-5-9-17(14)23(20,21)18-10-11-19-12-13-22-16-8-4-3-7-15(16)19/h2-9,18H,10-13H2,1H3. The van der Waals surface area contributed by atoms with Gasteiger partial charge in [0.25, 0.3) is 0 Å². The van der Waals surface area contributed by atoms with E-state index in [2.05, 4.69) is 9.62 Å². The van der Waals surface area contributed by atoms with E-state index in [9.17, 15) is 8.42 Å². The number of fused-ring (bicyclic) bond motifs is 1. The summed E-state index contributed by atoms with van der Waals surface area (Å²) in [5.41, 5.74) is 1.76. The summed E-state index contributed by atoms with van der Waals surface area (Å²) in [6.45, 7) is 4.12. The zero-order chi connectivity index (χ0) is 16.3. The van der Waals surface area contributed by atoms with Crippen molar-refractivity contribution in [1.82, 2.24) is 4.72 Å². The molecule has 6 heteroatoms. The highest BCUT2D eigenvalue weighted by Gasteiger charge is 2.19. The van der Waals surface area contributed by atoms with Gasteiger partial charge in [0.15, 0.2) is 0 Å². The molecule has 1 aliphatic heterocycles. The number of anilines is 1. The van der Waals surface area contributed by atoms with Crippen LogP contribution in [-0.4, -0.2) is 34.7 Å². The molecule has 122 valence electrons. The predicted octanol–water partition coefficient (Wildman–Crippen LogP) is 2.17. The molecule has 0 aliphatic carbocycles. The number of rotatable bonds is 5. The smallest absolute Gasteiger partial charge is 0.240 e. The number of sulfonamides is 1. The summed E-state index contributed by atoms with van der Waals surface area (Å²) in [4.78, 5) is 2.47. The van der Waals surface area contributed by atoms with Gasteiger partial charge in [0.05, 0.1) is 17.1 Å². The lowest BCUT2D eigenvalue weighted by atomic mass is 10.2. The van der Waals surface area contributed by atoms with E-state index in [1.807, 2.05) is 30.3 Å². The first-order valence-corrected chi connectivity index (χ1v) is 9.08. The maximum atomic E-state index is 12.4. The highest BCUT2D eigenvalue weighted by molar-refractivity contribution is 7.89. The second kappa shape index (κ2) is 6.60. The molecule has 0 radical (unpaired) electrons. The monoisotopic (exact) mass is 332 g/mol. The summed E-state index contributed by atoms with van der Waals surface area (Å²) in [5, 5.41) is 0. The fraction of sp³-hybridized carbons (Fsp3) is 0.294. The van der Waals surface area contributed by atoms with Crippen LogP contribution < -0.4 is 14.4 Å². The van der Waals surface area contributed by atoms with E-state index in [1.54, 1.807) is 25.1 Å². The van der Waals surface area contributed by atoms with Gasteiger partial charge in [0.2, 0.25) is 10.0 Å². The summed E-state index contributed by atoms with van der Waals surface area (Å²) in [7, 11) is -3.48. The third kappa shape index (κ3) is 3.48. The first-order valence-electron chi connectivity index (χ1n) is 7.60. The van der Waals surface area contributed by atoms with Crippen LogP contribution in [-0.2, 0) is 10.0 Å². The molecule has 0 spiro atoms. The Morgan fingerprint density at radius 2 is 1.87 bits per heavy atom. The van der Waals surface area contributed by atoms with Crippen LogP contribution >= 0.6 is 0 Å². The molecule has 0 aromatic heterocycles. The Morgan fingerprint density at radius 3 is 2.70 bits per heavy atom. The molecule has 0 fully saturated rings. The molecule has 3 rings (SSSR count). The molecule has 0 saturated heterocycles. The summed E-state index contributed by atoms with van der Waals surface area (Å²) < 4.78 is 33.1. The van der Waals surface area contributed by atoms with E-state index in [1.165, 1.54) is 0 Å². The number of ether oxygens (including phenoxy) is 1. The lowest BCUT2D eigenvalue weighted by Crippen LogP contribution is -2.39. The fourth-order valence-electron chi connectivity index (χ4n) is 2.71. The van der Waals surface area contributed by atoms with E-state index in [0.717, 1.165) is 23.5 Å². The third-order valence-electron chi connectivity index (χ3n) is 3.88. The maximum absolute atomic E-state index is 12.4. The van der Waals surface area contributed by atoms with E-state index in [0.29, 0.717) is 24.6 Å². The van der Waals surface area contributed by atoms with Crippen LogP contribution in [0.3, 0.4) is 0 Å². The van der Waals surface area contributed by atoms with Crippen molar-refractivity contribution in [3.63, 3.8) is 0 Å². The molecule has 5 nitrogen and oxygen atoms in total. The van der Waals surface area contributed by atoms with Gasteiger partial charge >= 0.3 is 0 Å². The molecular formula is C17H20N2O3S. The van der Waals surface area contributed by atoms with Gasteiger partial charge in [-0.2, -0.15) is 0 Å². The van der Waals surface area contributed by atoms with E-state index in [-0.39, 0.29) is 0 Å². The van der Waals surface area contributed by atoms with Gasteiger partial charge in [-0.3, -0.25) is 0 Å². The SMILES string of the molecule is Cc1ccccc1S(=O)(=O)NCCN1CCOc2ccccc21. The first kappa shape index (κ1) is 15.8. The van der Waals surface area contributed by atoms with Gasteiger partial charge in [-0.25, -0.2) is 13.1 Å². The normalized spacial score (nSPS) is 14.2. The second-order valence-corrected chi connectivity index (χ2v) is 7.20. The average molecular weight is 332 g/mol. The van der Waals surface area contributed by atoms with E-state index < -0.39 is 10.0 Å². The molecule has 0 bridgehead atoms. The van der Waals surface area contributed by atoms with Crippen molar-refractivity contribution < 1.29 is 13.2 Å². The molecule has 0 saturated carbocycles. The molecule has 1 aliphatic rings. The molecule has 0 atom stereocenters. The minimum absolute atomic E-state index is 0.336. The number of nitrogens with one attached hydrogen (secondary N) is 1. The molecule has 0 unspecified atom stereocenters. The lowest BCUT2D eigenvalue weighted by molar-refractivity contribution is 0.308. The quantitative estimate of drug-likeness (QED) is 0.912. The fourth-order valence-corrected chi connectivity index (χ4v) is 3.97. The van der Waals surface area contributed by atoms with Gasteiger partial charge in [-0.15, -0.1) is 0 Å². The largest absolute Gasteiger partial charge is 0.490 e. The van der Waals surface area contributed by atoms with Gasteiger partial charge in [0, 0.05) is 13.1 Å². The summed E-state index contributed by atoms with van der Waals surface area (Å²) in [5.74, 6) is 0.848. The van der Waals surface area contributed by atoms with Gasteiger partial charge < -0.3 is 9.64 Å². The van der Waals surface area contributed by atoms with Crippen molar-refractivity contribution in [2.24, 2.45) is 0 Å². The number of para-hydroxylation sites is 2. The van der Waals surface area contributed by atoms with E-state index in [4.69, 9.17) is 4.74 Å². The Morgan fingerprint density at radius 1 is 1.13 bits per heavy atom. The maximum Gasteiger partial charge on any atom is 0.240 e. The summed E-state index contributed by atoms with van der Waals surface area (Å²) in [6, 6.07) is 14.8. The number of hydrogen-bond acceptors (Lipinski definition) is 4. The van der Waals surface area contributed by atoms with Crippen molar-refractivity contribution in [3.8, 4) is 5.75 Å². The van der Waals surface area contributed by atoms with Crippen LogP contribution in [0, 0.1) is 6.92 Å². The van der Waals surface area contributed by atoms with Crippen molar-refractivity contribution in [1.29, 1.82) is 0 Å². The summed E-state index contributed by atoms with van der Waals surface area (Å²) in [6.07, 6.45) is 0. The highest BCUT2D eigenvalue weighted by atomic mass is 32.2. The van der Waals surface area contributed by atoms with E-state index >= 15 is 0 Å². The Bertz CT molecular complexity index is 790. The number of benzene rings is 2. The Hall–Kier alpha value is -2.05. The molecule has 2 aromatic rings. The van der Waals surface area contributed by atoms with Crippen molar-refractivity contribution in [2.75, 3.05) is 31.1 Å². The summed E-state index contributed by atoms with van der Waals surface area (Å²) >= 11 is 0. The van der Waals surface area contributed by atoms with Gasteiger partial charge in [-0.1, -0.05) is 30.3 Å². The van der Waals surface area contributed by atoms with Crippen LogP contribution in [0.4, 0.5) is 5.69 Å². The van der Waals surface area contributed by atoms with Crippen molar-refractivity contribution in [3.05, 3.63) is 54.1 Å². The first-order chi connectivity index (χ1) is 11.1. The third-order valence-corrected chi connectivity index (χ3v) is 5.50. The molecule has 0 amide bonds. The van der Waals surface area contributed by atoms with Gasteiger partial charge in [0.1, 0.15) is 12.4 Å². The van der Waals surface area contributed by atoms with Crippen LogP contribution in [0.5, 0.6) is 5.75 Å². The van der Waals surface area contributed by atoms with Crippen molar-refractivity contribution >= 4 is 15.7 Å². The zero-order valence-corrected chi connectivity index (χ0v) is 13.8. The molecule has 23 heavy (non-hydrogen) atoms. The lowest BCUT2D eigenvalue weighted by Gasteiger charge is -2.31. The molecular weight excluding hydrogens is 312 g/mol. The number of aryl methyl sites for hydroxylation is 1. The molecule has 1 N–H and O–H groups in total.